The molecule has 0 bridgehead atoms. The topological polar surface area (TPSA) is 41.6 Å². The number of alkyl halides is 1. The second-order valence-corrected chi connectivity index (χ2v) is 6.87. The van der Waals surface area contributed by atoms with Crippen molar-refractivity contribution in [2.24, 2.45) is 0 Å². The number of hydrogen-bond acceptors (Lipinski definition) is 4. The van der Waals surface area contributed by atoms with Gasteiger partial charge in [-0.3, -0.25) is 15.0 Å². The number of esters is 1. The normalized spacial score (nSPS) is 23.8. The first kappa shape index (κ1) is 15.5. The molecule has 2 unspecified atom stereocenters. The van der Waals surface area contributed by atoms with Gasteiger partial charge in [-0.05, 0) is 26.3 Å². The van der Waals surface area contributed by atoms with Gasteiger partial charge in [-0.25, -0.2) is 0 Å². The summed E-state index contributed by atoms with van der Waals surface area (Å²) >= 11 is 3.56. The summed E-state index contributed by atoms with van der Waals surface area (Å²) in [6, 6.07) is 9.92. The van der Waals surface area contributed by atoms with E-state index in [1.54, 1.807) is 0 Å². The summed E-state index contributed by atoms with van der Waals surface area (Å²) in [5.41, 5.74) is 0.775. The lowest BCUT2D eigenvalue weighted by Crippen LogP contribution is -2.40. The Hall–Kier alpha value is -0.910. The molecule has 1 fully saturated rings. The van der Waals surface area contributed by atoms with Gasteiger partial charge in [0.05, 0.1) is 0 Å². The quantitative estimate of drug-likeness (QED) is 0.521. The van der Waals surface area contributed by atoms with Crippen LogP contribution in [0.4, 0.5) is 0 Å². The second kappa shape index (κ2) is 6.24. The summed E-state index contributed by atoms with van der Waals surface area (Å²) in [6.07, 6.45) is 0. The average Bonchev–Trinajstić information content (AvgIpc) is 2.70. The van der Waals surface area contributed by atoms with Crippen molar-refractivity contribution < 1.29 is 9.53 Å². The largest absolute Gasteiger partial charge is 0.459 e. The Bertz CT molecular complexity index is 459. The van der Waals surface area contributed by atoms with Crippen LogP contribution in [0.3, 0.4) is 0 Å². The third-order valence-electron chi connectivity index (χ3n) is 3.00. The molecule has 110 valence electrons. The average molecular weight is 341 g/mol. The number of halogens is 1. The van der Waals surface area contributed by atoms with E-state index in [1.807, 2.05) is 39.0 Å². The van der Waals surface area contributed by atoms with Crippen molar-refractivity contribution in [1.29, 1.82) is 0 Å². The van der Waals surface area contributed by atoms with E-state index in [-0.39, 0.29) is 17.1 Å². The maximum atomic E-state index is 12.1. The van der Waals surface area contributed by atoms with Crippen LogP contribution in [0.15, 0.2) is 30.3 Å². The number of hydrogen-bond donors (Lipinski definition) is 1. The van der Waals surface area contributed by atoms with Crippen LogP contribution in [-0.2, 0) is 16.1 Å². The van der Waals surface area contributed by atoms with E-state index in [0.717, 1.165) is 6.54 Å². The lowest BCUT2D eigenvalue weighted by atomic mass is 10.2. The lowest BCUT2D eigenvalue weighted by molar-refractivity contribution is -0.156. The van der Waals surface area contributed by atoms with Crippen molar-refractivity contribution in [1.82, 2.24) is 10.2 Å². The summed E-state index contributed by atoms with van der Waals surface area (Å²) in [5.74, 6) is -0.197. The molecule has 1 heterocycles. The van der Waals surface area contributed by atoms with Crippen LogP contribution in [0.1, 0.15) is 26.3 Å². The Labute approximate surface area is 128 Å². The summed E-state index contributed by atoms with van der Waals surface area (Å²) in [7, 11) is 0. The molecule has 1 aromatic rings. The molecule has 1 aliphatic heterocycles. The molecule has 4 nitrogen and oxygen atoms in total. The first-order valence-corrected chi connectivity index (χ1v) is 7.68. The Morgan fingerprint density at radius 2 is 2.05 bits per heavy atom. The second-order valence-electron chi connectivity index (χ2n) is 6.00. The maximum absolute atomic E-state index is 12.1. The monoisotopic (exact) mass is 340 g/mol. The van der Waals surface area contributed by atoms with Crippen LogP contribution in [-0.4, -0.2) is 34.1 Å². The van der Waals surface area contributed by atoms with Gasteiger partial charge < -0.3 is 4.74 Å². The van der Waals surface area contributed by atoms with E-state index in [9.17, 15) is 4.79 Å². The van der Waals surface area contributed by atoms with Gasteiger partial charge in [0, 0.05) is 13.1 Å². The van der Waals surface area contributed by atoms with Crippen molar-refractivity contribution in [3.63, 3.8) is 0 Å². The van der Waals surface area contributed by atoms with E-state index in [1.165, 1.54) is 5.56 Å². The lowest BCUT2D eigenvalue weighted by Gasteiger charge is -2.22. The van der Waals surface area contributed by atoms with Gasteiger partial charge in [0.2, 0.25) is 0 Å². The van der Waals surface area contributed by atoms with E-state index in [0.29, 0.717) is 6.54 Å². The predicted octanol–water partition coefficient (Wildman–Crippen LogP) is 2.48. The molecule has 2 atom stereocenters. The van der Waals surface area contributed by atoms with Gasteiger partial charge in [0.1, 0.15) is 16.7 Å². The molecule has 0 spiro atoms. The summed E-state index contributed by atoms with van der Waals surface area (Å²) < 4.78 is 5.42. The predicted molar refractivity (Wildman–Crippen MR) is 82.3 cm³/mol. The minimum atomic E-state index is -0.451. The first-order chi connectivity index (χ1) is 9.35. The smallest absolute Gasteiger partial charge is 0.325 e. The zero-order chi connectivity index (χ0) is 14.8. The number of rotatable bonds is 3. The zero-order valence-electron chi connectivity index (χ0n) is 12.1. The van der Waals surface area contributed by atoms with Gasteiger partial charge in [-0.15, -0.1) is 0 Å². The zero-order valence-corrected chi connectivity index (χ0v) is 13.7. The van der Waals surface area contributed by atoms with E-state index >= 15 is 0 Å². The first-order valence-electron chi connectivity index (χ1n) is 6.76. The molecule has 1 saturated heterocycles. The summed E-state index contributed by atoms with van der Waals surface area (Å²) in [4.78, 5) is 14.2. The molecule has 20 heavy (non-hydrogen) atoms. The Morgan fingerprint density at radius 1 is 1.40 bits per heavy atom. The number of benzene rings is 1. The molecule has 0 aliphatic carbocycles. The number of nitrogens with one attached hydrogen (secondary N) is 1. The third kappa shape index (κ3) is 4.30. The molecule has 1 aromatic carbocycles. The van der Waals surface area contributed by atoms with Gasteiger partial charge in [0.25, 0.3) is 0 Å². The van der Waals surface area contributed by atoms with Crippen LogP contribution in [0, 0.1) is 0 Å². The Balaban J connectivity index is 1.94. The molecular weight excluding hydrogens is 320 g/mol. The SMILES string of the molecule is CC(C)(C)OC(=O)C1CN(Cc2ccccc2)C(Br)N1. The van der Waals surface area contributed by atoms with Gasteiger partial charge >= 0.3 is 5.97 Å². The number of carbonyl (C=O) groups is 1. The fourth-order valence-corrected chi connectivity index (χ4v) is 2.76. The highest BCUT2D eigenvalue weighted by Crippen LogP contribution is 2.19. The standard InChI is InChI=1S/C15H21BrN2O2/c1-15(2,3)20-13(19)12-10-18(14(16)17-12)9-11-7-5-4-6-8-11/h4-8,12,14,17H,9-10H2,1-3H3. The highest BCUT2D eigenvalue weighted by atomic mass is 79.9. The molecule has 0 saturated carbocycles. The van der Waals surface area contributed by atoms with Crippen LogP contribution in [0.25, 0.3) is 0 Å². The number of nitrogens with zero attached hydrogens (tertiary/aromatic N) is 1. The Kier molecular flexibility index (Phi) is 4.83. The van der Waals surface area contributed by atoms with E-state index < -0.39 is 5.60 Å². The molecular formula is C15H21BrN2O2. The molecule has 0 aromatic heterocycles. The highest BCUT2D eigenvalue weighted by molar-refractivity contribution is 9.09. The van der Waals surface area contributed by atoms with Crippen LogP contribution >= 0.6 is 15.9 Å². The van der Waals surface area contributed by atoms with Gasteiger partial charge in [-0.1, -0.05) is 46.3 Å². The molecule has 0 amide bonds. The number of carbonyl (C=O) groups excluding carboxylic acids is 1. The van der Waals surface area contributed by atoms with Crippen LogP contribution in [0.2, 0.25) is 0 Å². The van der Waals surface area contributed by atoms with Crippen molar-refractivity contribution in [2.75, 3.05) is 6.54 Å². The molecule has 5 heteroatoms. The Morgan fingerprint density at radius 3 is 2.65 bits per heavy atom. The molecule has 1 aliphatic rings. The third-order valence-corrected chi connectivity index (χ3v) is 3.84. The minimum absolute atomic E-state index is 0.0137. The van der Waals surface area contributed by atoms with Crippen molar-refractivity contribution in [3.05, 3.63) is 35.9 Å². The van der Waals surface area contributed by atoms with Crippen molar-refractivity contribution in [3.8, 4) is 0 Å². The maximum Gasteiger partial charge on any atom is 0.325 e. The number of ether oxygens (including phenoxy) is 1. The van der Waals surface area contributed by atoms with E-state index in [4.69, 9.17) is 4.74 Å². The van der Waals surface area contributed by atoms with Gasteiger partial charge in [0.15, 0.2) is 0 Å². The summed E-state index contributed by atoms with van der Waals surface area (Å²) in [6.45, 7) is 7.08. The summed E-state index contributed by atoms with van der Waals surface area (Å²) in [5, 5.41) is 3.20. The fourth-order valence-electron chi connectivity index (χ4n) is 2.13. The van der Waals surface area contributed by atoms with Crippen LogP contribution < -0.4 is 5.32 Å². The molecule has 0 radical (unpaired) electrons. The molecule has 1 N–H and O–H groups in total. The van der Waals surface area contributed by atoms with Gasteiger partial charge in [-0.2, -0.15) is 0 Å². The highest BCUT2D eigenvalue weighted by Gasteiger charge is 2.36. The van der Waals surface area contributed by atoms with E-state index in [2.05, 4.69) is 38.3 Å². The van der Waals surface area contributed by atoms with Crippen molar-refractivity contribution >= 4 is 21.9 Å². The van der Waals surface area contributed by atoms with Crippen molar-refractivity contribution in [2.45, 2.75) is 44.0 Å². The van der Waals surface area contributed by atoms with Crippen LogP contribution in [0.5, 0.6) is 0 Å². The molecule has 2 rings (SSSR count). The minimum Gasteiger partial charge on any atom is -0.459 e. The fraction of sp³-hybridized carbons (Fsp3) is 0.533.